The minimum atomic E-state index is 0.185. The highest BCUT2D eigenvalue weighted by molar-refractivity contribution is 4.97. The van der Waals surface area contributed by atoms with Gasteiger partial charge in [0, 0.05) is 43.4 Å². The summed E-state index contributed by atoms with van der Waals surface area (Å²) >= 11 is 0. The molecule has 0 aliphatic carbocycles. The third-order valence-corrected chi connectivity index (χ3v) is 3.10. The van der Waals surface area contributed by atoms with E-state index in [4.69, 9.17) is 0 Å². The van der Waals surface area contributed by atoms with Crippen LogP contribution in [-0.4, -0.2) is 25.8 Å². The zero-order valence-electron chi connectivity index (χ0n) is 11.2. The molecule has 0 saturated heterocycles. The van der Waals surface area contributed by atoms with Crippen molar-refractivity contribution in [2.75, 3.05) is 0 Å². The maximum Gasteiger partial charge on any atom is 0.0946 e. The second-order valence-electron chi connectivity index (χ2n) is 5.64. The lowest BCUT2D eigenvalue weighted by molar-refractivity contribution is 0.239. The molecule has 0 saturated carbocycles. The van der Waals surface area contributed by atoms with Crippen LogP contribution in [0.2, 0.25) is 0 Å². The van der Waals surface area contributed by atoms with Crippen LogP contribution in [0.4, 0.5) is 0 Å². The van der Waals surface area contributed by atoms with Crippen molar-refractivity contribution in [1.29, 1.82) is 0 Å². The molecule has 1 atom stereocenters. The quantitative estimate of drug-likeness (QED) is 0.847. The van der Waals surface area contributed by atoms with Gasteiger partial charge in [0.1, 0.15) is 0 Å². The van der Waals surface area contributed by atoms with Gasteiger partial charge in [0.15, 0.2) is 0 Å². The van der Waals surface area contributed by atoms with Gasteiger partial charge in [0.25, 0.3) is 0 Å². The predicted octanol–water partition coefficient (Wildman–Crippen LogP) is 1.81. The molecule has 0 aliphatic heterocycles. The first-order valence-corrected chi connectivity index (χ1v) is 6.23. The number of nitrogens with one attached hydrogen (secondary N) is 2. The van der Waals surface area contributed by atoms with E-state index in [1.165, 1.54) is 0 Å². The summed E-state index contributed by atoms with van der Waals surface area (Å²) in [6.45, 7) is 8.45. The summed E-state index contributed by atoms with van der Waals surface area (Å²) in [7, 11) is 0. The first kappa shape index (κ1) is 12.8. The van der Waals surface area contributed by atoms with Crippen LogP contribution in [0.25, 0.3) is 0 Å². The van der Waals surface area contributed by atoms with Crippen molar-refractivity contribution in [1.82, 2.24) is 25.1 Å². The third-order valence-electron chi connectivity index (χ3n) is 3.10. The molecule has 2 aromatic rings. The average Bonchev–Trinajstić information content (AvgIpc) is 2.95. The molecular formula is C13H21N5. The van der Waals surface area contributed by atoms with E-state index in [0.717, 1.165) is 18.8 Å². The molecule has 0 aliphatic rings. The number of nitrogens with zero attached hydrogens (tertiary/aromatic N) is 3. The van der Waals surface area contributed by atoms with Crippen molar-refractivity contribution in [2.45, 2.75) is 39.9 Å². The molecule has 98 valence electrons. The molecule has 2 heterocycles. The summed E-state index contributed by atoms with van der Waals surface area (Å²) in [4.78, 5) is 4.09. The Kier molecular flexibility index (Phi) is 3.81. The van der Waals surface area contributed by atoms with E-state index in [-0.39, 0.29) is 5.41 Å². The van der Waals surface area contributed by atoms with Crippen LogP contribution in [0.1, 0.15) is 26.5 Å². The number of hydrogen-bond acceptors (Lipinski definition) is 3. The Morgan fingerprint density at radius 3 is 2.78 bits per heavy atom. The SMILES string of the molecule is CC(C)(C)C(Cn1ccnc1)NCc1ccn[nH]1. The van der Waals surface area contributed by atoms with Crippen molar-refractivity contribution in [3.8, 4) is 0 Å². The molecule has 5 heteroatoms. The fraction of sp³-hybridized carbons (Fsp3) is 0.538. The maximum atomic E-state index is 4.09. The minimum Gasteiger partial charge on any atom is -0.336 e. The van der Waals surface area contributed by atoms with Crippen molar-refractivity contribution in [2.24, 2.45) is 5.41 Å². The van der Waals surface area contributed by atoms with Crippen molar-refractivity contribution in [3.05, 3.63) is 36.7 Å². The number of aromatic amines is 1. The number of imidazole rings is 1. The Morgan fingerprint density at radius 2 is 2.22 bits per heavy atom. The van der Waals surface area contributed by atoms with E-state index in [0.29, 0.717) is 6.04 Å². The van der Waals surface area contributed by atoms with E-state index in [1.807, 2.05) is 24.8 Å². The summed E-state index contributed by atoms with van der Waals surface area (Å²) in [6.07, 6.45) is 7.45. The van der Waals surface area contributed by atoms with Crippen molar-refractivity contribution < 1.29 is 0 Å². The van der Waals surface area contributed by atoms with Gasteiger partial charge >= 0.3 is 0 Å². The van der Waals surface area contributed by atoms with Crippen molar-refractivity contribution in [3.63, 3.8) is 0 Å². The lowest BCUT2D eigenvalue weighted by atomic mass is 9.86. The largest absolute Gasteiger partial charge is 0.336 e. The second-order valence-corrected chi connectivity index (χ2v) is 5.64. The molecule has 0 spiro atoms. The zero-order valence-corrected chi connectivity index (χ0v) is 11.2. The Labute approximate surface area is 108 Å². The summed E-state index contributed by atoms with van der Waals surface area (Å²) in [6, 6.07) is 2.36. The smallest absolute Gasteiger partial charge is 0.0946 e. The topological polar surface area (TPSA) is 58.5 Å². The average molecular weight is 247 g/mol. The molecular weight excluding hydrogens is 226 g/mol. The molecule has 2 rings (SSSR count). The molecule has 0 radical (unpaired) electrons. The standard InChI is InChI=1S/C13H21N5/c1-13(2,3)12(9-18-7-6-14-10-18)15-8-11-4-5-16-17-11/h4-7,10,12,15H,8-9H2,1-3H3,(H,16,17). The van der Waals surface area contributed by atoms with Gasteiger partial charge in [0.05, 0.1) is 6.33 Å². The molecule has 5 nitrogen and oxygen atoms in total. The zero-order chi connectivity index (χ0) is 13.0. The molecule has 0 bridgehead atoms. The molecule has 0 amide bonds. The van der Waals surface area contributed by atoms with Crippen LogP contribution in [0, 0.1) is 5.41 Å². The fourth-order valence-corrected chi connectivity index (χ4v) is 1.87. The Hall–Kier alpha value is -1.62. The monoisotopic (exact) mass is 247 g/mol. The fourth-order valence-electron chi connectivity index (χ4n) is 1.87. The summed E-state index contributed by atoms with van der Waals surface area (Å²) in [5.41, 5.74) is 1.29. The second kappa shape index (κ2) is 5.35. The number of aromatic nitrogens is 4. The van der Waals surface area contributed by atoms with E-state index >= 15 is 0 Å². The lowest BCUT2D eigenvalue weighted by Gasteiger charge is -2.31. The van der Waals surface area contributed by atoms with Gasteiger partial charge in [-0.25, -0.2) is 4.98 Å². The van der Waals surface area contributed by atoms with Crippen LogP contribution >= 0.6 is 0 Å². The molecule has 1 unspecified atom stereocenters. The highest BCUT2D eigenvalue weighted by Crippen LogP contribution is 2.21. The number of hydrogen-bond donors (Lipinski definition) is 2. The first-order chi connectivity index (χ1) is 8.55. The minimum absolute atomic E-state index is 0.185. The summed E-state index contributed by atoms with van der Waals surface area (Å²) in [5, 5.41) is 10.5. The Balaban J connectivity index is 1.97. The Morgan fingerprint density at radius 1 is 1.39 bits per heavy atom. The van der Waals surface area contributed by atoms with Crippen LogP contribution in [0.5, 0.6) is 0 Å². The first-order valence-electron chi connectivity index (χ1n) is 6.23. The van der Waals surface area contributed by atoms with E-state index in [1.54, 1.807) is 6.20 Å². The Bertz CT molecular complexity index is 438. The highest BCUT2D eigenvalue weighted by Gasteiger charge is 2.24. The van der Waals surface area contributed by atoms with Crippen LogP contribution < -0.4 is 5.32 Å². The molecule has 0 aromatic carbocycles. The lowest BCUT2D eigenvalue weighted by Crippen LogP contribution is -2.43. The van der Waals surface area contributed by atoms with Crippen LogP contribution in [-0.2, 0) is 13.1 Å². The van der Waals surface area contributed by atoms with E-state index in [9.17, 15) is 0 Å². The van der Waals surface area contributed by atoms with Gasteiger partial charge < -0.3 is 9.88 Å². The third kappa shape index (κ3) is 3.43. The molecule has 2 N–H and O–H groups in total. The van der Waals surface area contributed by atoms with E-state index in [2.05, 4.69) is 45.8 Å². The van der Waals surface area contributed by atoms with Crippen molar-refractivity contribution >= 4 is 0 Å². The van der Waals surface area contributed by atoms with Gasteiger partial charge in [-0.05, 0) is 11.5 Å². The predicted molar refractivity (Wildman–Crippen MR) is 70.9 cm³/mol. The van der Waals surface area contributed by atoms with E-state index < -0.39 is 0 Å². The molecule has 18 heavy (non-hydrogen) atoms. The van der Waals surface area contributed by atoms with Gasteiger partial charge in [-0.15, -0.1) is 0 Å². The molecule has 0 fully saturated rings. The maximum absolute atomic E-state index is 4.09. The van der Waals surface area contributed by atoms with Gasteiger partial charge in [-0.2, -0.15) is 5.10 Å². The normalized spacial score (nSPS) is 13.7. The van der Waals surface area contributed by atoms with Crippen LogP contribution in [0.3, 0.4) is 0 Å². The molecule has 2 aromatic heterocycles. The number of rotatable bonds is 5. The van der Waals surface area contributed by atoms with Crippen LogP contribution in [0.15, 0.2) is 31.0 Å². The summed E-state index contributed by atoms with van der Waals surface area (Å²) < 4.78 is 2.11. The summed E-state index contributed by atoms with van der Waals surface area (Å²) in [5.74, 6) is 0. The van der Waals surface area contributed by atoms with Gasteiger partial charge in [-0.3, -0.25) is 5.10 Å². The number of H-pyrrole nitrogens is 1. The highest BCUT2D eigenvalue weighted by atomic mass is 15.1. The van der Waals surface area contributed by atoms with Gasteiger partial charge in [-0.1, -0.05) is 20.8 Å². The van der Waals surface area contributed by atoms with Gasteiger partial charge in [0.2, 0.25) is 0 Å².